The summed E-state index contributed by atoms with van der Waals surface area (Å²) in [4.78, 5) is 0. The minimum atomic E-state index is -0.528. The van der Waals surface area contributed by atoms with Gasteiger partial charge in [0, 0.05) is 11.6 Å². The first-order valence-electron chi connectivity index (χ1n) is 6.06. The van der Waals surface area contributed by atoms with Gasteiger partial charge in [0.1, 0.15) is 11.6 Å². The predicted molar refractivity (Wildman–Crippen MR) is 64.6 cm³/mol. The van der Waals surface area contributed by atoms with E-state index in [1.807, 2.05) is 0 Å². The average Bonchev–Trinajstić information content (AvgIpc) is 2.38. The van der Waals surface area contributed by atoms with Crippen molar-refractivity contribution in [3.63, 3.8) is 0 Å². The standard InChI is InChI=1S/C14H19F2N/c1-13(2)4-3-5-14(13,17)9-10-6-11(15)8-12(16)7-10/h6-8H,3-5,9,17H2,1-2H3. The summed E-state index contributed by atoms with van der Waals surface area (Å²) in [5, 5.41) is 0. The average molecular weight is 239 g/mol. The van der Waals surface area contributed by atoms with Gasteiger partial charge in [0.05, 0.1) is 0 Å². The first-order valence-corrected chi connectivity index (χ1v) is 6.06. The molecule has 1 aliphatic carbocycles. The zero-order chi connectivity index (χ0) is 12.7. The van der Waals surface area contributed by atoms with Crippen molar-refractivity contribution in [3.05, 3.63) is 35.4 Å². The Morgan fingerprint density at radius 2 is 1.71 bits per heavy atom. The molecule has 0 amide bonds. The molecule has 1 saturated carbocycles. The van der Waals surface area contributed by atoms with E-state index in [4.69, 9.17) is 5.73 Å². The van der Waals surface area contributed by atoms with E-state index in [0.717, 1.165) is 25.3 Å². The molecule has 17 heavy (non-hydrogen) atoms. The van der Waals surface area contributed by atoms with Gasteiger partial charge in [0.25, 0.3) is 0 Å². The van der Waals surface area contributed by atoms with Gasteiger partial charge in [0.2, 0.25) is 0 Å². The molecule has 1 nitrogen and oxygen atoms in total. The van der Waals surface area contributed by atoms with Gasteiger partial charge >= 0.3 is 0 Å². The number of rotatable bonds is 2. The van der Waals surface area contributed by atoms with Crippen LogP contribution >= 0.6 is 0 Å². The SMILES string of the molecule is CC1(C)CCCC1(N)Cc1cc(F)cc(F)c1. The molecule has 0 aliphatic heterocycles. The second-order valence-corrected chi connectivity index (χ2v) is 5.85. The molecular weight excluding hydrogens is 220 g/mol. The van der Waals surface area contributed by atoms with Crippen LogP contribution in [-0.2, 0) is 6.42 Å². The van der Waals surface area contributed by atoms with Crippen molar-refractivity contribution in [1.29, 1.82) is 0 Å². The van der Waals surface area contributed by atoms with Crippen LogP contribution in [-0.4, -0.2) is 5.54 Å². The molecule has 1 unspecified atom stereocenters. The normalized spacial score (nSPS) is 27.4. The zero-order valence-electron chi connectivity index (χ0n) is 10.4. The Morgan fingerprint density at radius 3 is 2.18 bits per heavy atom. The Kier molecular flexibility index (Phi) is 2.98. The molecule has 1 aromatic carbocycles. The molecule has 0 aromatic heterocycles. The lowest BCUT2D eigenvalue weighted by Gasteiger charge is -2.38. The topological polar surface area (TPSA) is 26.0 Å². The second-order valence-electron chi connectivity index (χ2n) is 5.85. The molecule has 1 fully saturated rings. The molecule has 0 bridgehead atoms. The van der Waals surface area contributed by atoms with E-state index in [1.54, 1.807) is 0 Å². The van der Waals surface area contributed by atoms with Crippen LogP contribution in [0, 0.1) is 17.0 Å². The van der Waals surface area contributed by atoms with Crippen molar-refractivity contribution in [1.82, 2.24) is 0 Å². The monoisotopic (exact) mass is 239 g/mol. The molecule has 0 spiro atoms. The van der Waals surface area contributed by atoms with Crippen molar-refractivity contribution in [3.8, 4) is 0 Å². The summed E-state index contributed by atoms with van der Waals surface area (Å²) in [6.45, 7) is 4.27. The number of hydrogen-bond acceptors (Lipinski definition) is 1. The maximum absolute atomic E-state index is 13.1. The Labute approximate surface area is 101 Å². The third-order valence-electron chi connectivity index (χ3n) is 4.21. The molecule has 1 aromatic rings. The van der Waals surface area contributed by atoms with Crippen molar-refractivity contribution < 1.29 is 8.78 Å². The van der Waals surface area contributed by atoms with Gasteiger partial charge in [-0.05, 0) is 42.4 Å². The number of hydrogen-bond donors (Lipinski definition) is 1. The first kappa shape index (κ1) is 12.5. The van der Waals surface area contributed by atoms with E-state index in [-0.39, 0.29) is 11.0 Å². The van der Waals surface area contributed by atoms with Crippen LogP contribution in [0.3, 0.4) is 0 Å². The number of halogens is 2. The molecule has 1 aliphatic rings. The van der Waals surface area contributed by atoms with Gasteiger partial charge in [-0.25, -0.2) is 8.78 Å². The maximum Gasteiger partial charge on any atom is 0.126 e. The Hall–Kier alpha value is -0.960. The fourth-order valence-electron chi connectivity index (χ4n) is 2.84. The Bertz CT molecular complexity index is 408. The molecule has 2 N–H and O–H groups in total. The maximum atomic E-state index is 13.1. The minimum absolute atomic E-state index is 0.0236. The quantitative estimate of drug-likeness (QED) is 0.840. The third kappa shape index (κ3) is 2.34. The van der Waals surface area contributed by atoms with E-state index >= 15 is 0 Å². The van der Waals surface area contributed by atoms with Crippen LogP contribution in [0.4, 0.5) is 8.78 Å². The van der Waals surface area contributed by atoms with Crippen LogP contribution in [0.15, 0.2) is 18.2 Å². The molecule has 94 valence electrons. The highest BCUT2D eigenvalue weighted by atomic mass is 19.1. The summed E-state index contributed by atoms with van der Waals surface area (Å²) in [7, 11) is 0. The first-order chi connectivity index (χ1) is 7.82. The van der Waals surface area contributed by atoms with Gasteiger partial charge in [-0.1, -0.05) is 20.3 Å². The molecule has 2 rings (SSSR count). The molecule has 0 saturated heterocycles. The van der Waals surface area contributed by atoms with Gasteiger partial charge in [-0.3, -0.25) is 0 Å². The van der Waals surface area contributed by atoms with Crippen LogP contribution in [0.2, 0.25) is 0 Å². The van der Waals surface area contributed by atoms with Gasteiger partial charge < -0.3 is 5.73 Å². The minimum Gasteiger partial charge on any atom is -0.324 e. The van der Waals surface area contributed by atoms with Crippen molar-refractivity contribution in [2.45, 2.75) is 45.1 Å². The van der Waals surface area contributed by atoms with Crippen molar-refractivity contribution >= 4 is 0 Å². The van der Waals surface area contributed by atoms with E-state index in [2.05, 4.69) is 13.8 Å². The van der Waals surface area contributed by atoms with Gasteiger partial charge in [-0.2, -0.15) is 0 Å². The second kappa shape index (κ2) is 4.05. The number of benzene rings is 1. The molecule has 3 heteroatoms. The summed E-state index contributed by atoms with van der Waals surface area (Å²) in [5.74, 6) is -1.06. The summed E-state index contributed by atoms with van der Waals surface area (Å²) in [6, 6.07) is 3.66. The molecule has 1 atom stereocenters. The Morgan fingerprint density at radius 1 is 1.12 bits per heavy atom. The third-order valence-corrected chi connectivity index (χ3v) is 4.21. The van der Waals surface area contributed by atoms with Crippen LogP contribution in [0.5, 0.6) is 0 Å². The predicted octanol–water partition coefficient (Wildman–Crippen LogP) is 3.41. The Balaban J connectivity index is 2.26. The van der Waals surface area contributed by atoms with E-state index in [0.29, 0.717) is 12.0 Å². The highest BCUT2D eigenvalue weighted by Gasteiger charge is 2.45. The van der Waals surface area contributed by atoms with Crippen molar-refractivity contribution in [2.75, 3.05) is 0 Å². The highest BCUT2D eigenvalue weighted by Crippen LogP contribution is 2.45. The lowest BCUT2D eigenvalue weighted by molar-refractivity contribution is 0.207. The molecule has 0 radical (unpaired) electrons. The van der Waals surface area contributed by atoms with E-state index < -0.39 is 11.6 Å². The van der Waals surface area contributed by atoms with Crippen LogP contribution < -0.4 is 5.73 Å². The van der Waals surface area contributed by atoms with Gasteiger partial charge in [-0.15, -0.1) is 0 Å². The van der Waals surface area contributed by atoms with E-state index in [9.17, 15) is 8.78 Å². The molecular formula is C14H19F2N. The summed E-state index contributed by atoms with van der Waals surface area (Å²) in [6.07, 6.45) is 3.61. The summed E-state index contributed by atoms with van der Waals surface area (Å²) >= 11 is 0. The van der Waals surface area contributed by atoms with E-state index in [1.165, 1.54) is 12.1 Å². The smallest absolute Gasteiger partial charge is 0.126 e. The lowest BCUT2D eigenvalue weighted by atomic mass is 9.72. The fraction of sp³-hybridized carbons (Fsp3) is 0.571. The number of nitrogens with two attached hydrogens (primary N) is 1. The zero-order valence-corrected chi connectivity index (χ0v) is 10.4. The highest BCUT2D eigenvalue weighted by molar-refractivity contribution is 5.22. The molecule has 0 heterocycles. The van der Waals surface area contributed by atoms with Crippen molar-refractivity contribution in [2.24, 2.45) is 11.1 Å². The fourth-order valence-corrected chi connectivity index (χ4v) is 2.84. The lowest BCUT2D eigenvalue weighted by Crippen LogP contribution is -2.50. The largest absolute Gasteiger partial charge is 0.324 e. The van der Waals surface area contributed by atoms with Gasteiger partial charge in [0.15, 0.2) is 0 Å². The summed E-state index contributed by atoms with van der Waals surface area (Å²) < 4.78 is 26.3. The van der Waals surface area contributed by atoms with Crippen LogP contribution in [0.25, 0.3) is 0 Å². The summed E-state index contributed by atoms with van der Waals surface area (Å²) in [5.41, 5.74) is 6.75. The van der Waals surface area contributed by atoms with Crippen LogP contribution in [0.1, 0.15) is 38.7 Å².